The molecule has 1 heterocycles. The van der Waals surface area contributed by atoms with Gasteiger partial charge in [-0.1, -0.05) is 19.1 Å². The van der Waals surface area contributed by atoms with E-state index in [1.807, 2.05) is 13.0 Å². The molecule has 1 aromatic rings. The number of ether oxygens (including phenoxy) is 1. The number of amides is 1. The minimum atomic E-state index is -0.651. The fourth-order valence-corrected chi connectivity index (χ4v) is 2.49. The Morgan fingerprint density at radius 3 is 2.90 bits per heavy atom. The summed E-state index contributed by atoms with van der Waals surface area (Å²) < 4.78 is 5.64. The number of nitriles is 1. The summed E-state index contributed by atoms with van der Waals surface area (Å²) in [5.74, 6) is 0.383. The number of hydrogen-bond donors (Lipinski definition) is 1. The van der Waals surface area contributed by atoms with E-state index < -0.39 is 6.10 Å². The van der Waals surface area contributed by atoms with Crippen LogP contribution in [0.1, 0.15) is 25.8 Å². The lowest BCUT2D eigenvalue weighted by Gasteiger charge is -2.35. The molecule has 1 aliphatic rings. The van der Waals surface area contributed by atoms with E-state index in [2.05, 4.69) is 0 Å². The van der Waals surface area contributed by atoms with Crippen LogP contribution in [-0.4, -0.2) is 41.2 Å². The van der Waals surface area contributed by atoms with Crippen molar-refractivity contribution < 1.29 is 14.6 Å². The van der Waals surface area contributed by atoms with Crippen molar-refractivity contribution in [3.8, 4) is 11.8 Å². The number of aliphatic hydroxyl groups is 1. The Bertz CT molecular complexity index is 553. The number of benzene rings is 1. The topological polar surface area (TPSA) is 73.6 Å². The van der Waals surface area contributed by atoms with Crippen LogP contribution in [0.25, 0.3) is 0 Å². The van der Waals surface area contributed by atoms with E-state index in [0.29, 0.717) is 30.8 Å². The molecule has 5 nitrogen and oxygen atoms in total. The zero-order chi connectivity index (χ0) is 15.4. The van der Waals surface area contributed by atoms with Crippen LogP contribution < -0.4 is 4.74 Å². The summed E-state index contributed by atoms with van der Waals surface area (Å²) in [4.78, 5) is 14.1. The zero-order valence-corrected chi connectivity index (χ0v) is 12.3. The highest BCUT2D eigenvalue weighted by Gasteiger charge is 2.30. The second-order valence-electron chi connectivity index (χ2n) is 5.49. The number of para-hydroxylation sites is 1. The third-order valence-corrected chi connectivity index (χ3v) is 3.83. The molecule has 1 aliphatic heterocycles. The third kappa shape index (κ3) is 3.53. The maximum atomic E-state index is 12.4. The third-order valence-electron chi connectivity index (χ3n) is 3.83. The first kappa shape index (κ1) is 15.3. The second-order valence-corrected chi connectivity index (χ2v) is 5.49. The molecule has 1 fully saturated rings. The molecule has 1 amide bonds. The Morgan fingerprint density at radius 2 is 2.24 bits per heavy atom. The van der Waals surface area contributed by atoms with Gasteiger partial charge in [0.2, 0.25) is 0 Å². The van der Waals surface area contributed by atoms with Gasteiger partial charge in [0.25, 0.3) is 5.91 Å². The van der Waals surface area contributed by atoms with Crippen molar-refractivity contribution in [3.05, 3.63) is 29.8 Å². The van der Waals surface area contributed by atoms with Gasteiger partial charge in [-0.3, -0.25) is 4.79 Å². The summed E-state index contributed by atoms with van der Waals surface area (Å²) in [6.07, 6.45) is -0.402. The molecule has 3 unspecified atom stereocenters. The van der Waals surface area contributed by atoms with Crippen LogP contribution in [0.2, 0.25) is 0 Å². The predicted octanol–water partition coefficient (Wildman–Crippen LogP) is 1.55. The number of carbonyl (C=O) groups is 1. The van der Waals surface area contributed by atoms with Gasteiger partial charge in [-0.15, -0.1) is 0 Å². The van der Waals surface area contributed by atoms with Gasteiger partial charge in [-0.05, 0) is 31.4 Å². The Kier molecular flexibility index (Phi) is 4.81. The second kappa shape index (κ2) is 6.59. The SMILES string of the molecule is CC(Oc1ccccc1C#N)C(=O)N1CCC(O)C(C)C1. The summed E-state index contributed by atoms with van der Waals surface area (Å²) in [7, 11) is 0. The average molecular weight is 288 g/mol. The lowest BCUT2D eigenvalue weighted by atomic mass is 9.96. The molecule has 0 spiro atoms. The van der Waals surface area contributed by atoms with Gasteiger partial charge < -0.3 is 14.7 Å². The summed E-state index contributed by atoms with van der Waals surface area (Å²) in [6.45, 7) is 4.69. The van der Waals surface area contributed by atoms with Crippen molar-refractivity contribution in [3.63, 3.8) is 0 Å². The van der Waals surface area contributed by atoms with E-state index >= 15 is 0 Å². The minimum absolute atomic E-state index is 0.0706. The van der Waals surface area contributed by atoms with Gasteiger partial charge in [0.1, 0.15) is 11.8 Å². The Balaban J connectivity index is 2.02. The molecule has 5 heteroatoms. The van der Waals surface area contributed by atoms with Crippen LogP contribution in [0.3, 0.4) is 0 Å². The Morgan fingerprint density at radius 1 is 1.52 bits per heavy atom. The standard InChI is InChI=1S/C16H20N2O3/c1-11-10-18(8-7-14(11)19)16(20)12(2)21-15-6-4-3-5-13(15)9-17/h3-6,11-12,14,19H,7-8,10H2,1-2H3. The molecule has 21 heavy (non-hydrogen) atoms. The van der Waals surface area contributed by atoms with Crippen molar-refractivity contribution in [1.82, 2.24) is 4.90 Å². The number of nitrogens with zero attached hydrogens (tertiary/aromatic N) is 2. The molecule has 0 aromatic heterocycles. The lowest BCUT2D eigenvalue weighted by Crippen LogP contribution is -2.49. The molecule has 0 saturated carbocycles. The molecular formula is C16H20N2O3. The zero-order valence-electron chi connectivity index (χ0n) is 12.3. The van der Waals surface area contributed by atoms with Crippen molar-refractivity contribution in [1.29, 1.82) is 5.26 Å². The highest BCUT2D eigenvalue weighted by Crippen LogP contribution is 2.21. The van der Waals surface area contributed by atoms with Gasteiger partial charge in [-0.2, -0.15) is 5.26 Å². The summed E-state index contributed by atoms with van der Waals surface area (Å²) >= 11 is 0. The first-order valence-corrected chi connectivity index (χ1v) is 7.15. The van der Waals surface area contributed by atoms with Crippen LogP contribution in [0.15, 0.2) is 24.3 Å². The number of hydrogen-bond acceptors (Lipinski definition) is 4. The molecule has 2 rings (SSSR count). The Labute approximate surface area is 124 Å². The number of piperidine rings is 1. The van der Waals surface area contributed by atoms with E-state index in [1.165, 1.54) is 0 Å². The molecule has 3 atom stereocenters. The van der Waals surface area contributed by atoms with Crippen LogP contribution in [0.5, 0.6) is 5.75 Å². The molecule has 1 aromatic carbocycles. The van der Waals surface area contributed by atoms with Crippen LogP contribution >= 0.6 is 0 Å². The minimum Gasteiger partial charge on any atom is -0.480 e. The highest BCUT2D eigenvalue weighted by molar-refractivity contribution is 5.81. The fraction of sp³-hybridized carbons (Fsp3) is 0.500. The normalized spacial score (nSPS) is 23.2. The highest BCUT2D eigenvalue weighted by atomic mass is 16.5. The van der Waals surface area contributed by atoms with Gasteiger partial charge in [0.05, 0.1) is 11.7 Å². The van der Waals surface area contributed by atoms with Gasteiger partial charge in [0, 0.05) is 13.1 Å². The molecular weight excluding hydrogens is 268 g/mol. The smallest absolute Gasteiger partial charge is 0.263 e. The summed E-state index contributed by atoms with van der Waals surface area (Å²) in [6, 6.07) is 8.92. The first-order valence-electron chi connectivity index (χ1n) is 7.15. The largest absolute Gasteiger partial charge is 0.480 e. The molecule has 0 radical (unpaired) electrons. The average Bonchev–Trinajstić information content (AvgIpc) is 2.49. The van der Waals surface area contributed by atoms with Crippen molar-refractivity contribution in [2.24, 2.45) is 5.92 Å². The maximum absolute atomic E-state index is 12.4. The van der Waals surface area contributed by atoms with Crippen LogP contribution in [0, 0.1) is 17.2 Å². The summed E-state index contributed by atoms with van der Waals surface area (Å²) in [5.41, 5.74) is 0.416. The van der Waals surface area contributed by atoms with E-state index in [-0.39, 0.29) is 17.9 Å². The van der Waals surface area contributed by atoms with Crippen molar-refractivity contribution >= 4 is 5.91 Å². The monoisotopic (exact) mass is 288 g/mol. The molecule has 112 valence electrons. The van der Waals surface area contributed by atoms with Gasteiger partial charge >= 0.3 is 0 Å². The molecule has 0 bridgehead atoms. The van der Waals surface area contributed by atoms with E-state index in [4.69, 9.17) is 10.00 Å². The predicted molar refractivity (Wildman–Crippen MR) is 77.6 cm³/mol. The Hall–Kier alpha value is -2.06. The number of carbonyl (C=O) groups excluding carboxylic acids is 1. The lowest BCUT2D eigenvalue weighted by molar-refractivity contribution is -0.141. The van der Waals surface area contributed by atoms with Crippen molar-refractivity contribution in [2.45, 2.75) is 32.5 Å². The molecule has 1 N–H and O–H groups in total. The first-order chi connectivity index (χ1) is 10.0. The molecule has 0 aliphatic carbocycles. The van der Waals surface area contributed by atoms with Gasteiger partial charge in [0.15, 0.2) is 6.10 Å². The summed E-state index contributed by atoms with van der Waals surface area (Å²) in [5, 5.41) is 18.7. The van der Waals surface area contributed by atoms with E-state index in [0.717, 1.165) is 0 Å². The number of likely N-dealkylation sites (tertiary alicyclic amines) is 1. The fourth-order valence-electron chi connectivity index (χ4n) is 2.49. The van der Waals surface area contributed by atoms with E-state index in [1.54, 1.807) is 36.1 Å². The van der Waals surface area contributed by atoms with Crippen LogP contribution in [0.4, 0.5) is 0 Å². The molecule has 1 saturated heterocycles. The maximum Gasteiger partial charge on any atom is 0.263 e. The number of aliphatic hydroxyl groups excluding tert-OH is 1. The number of rotatable bonds is 3. The van der Waals surface area contributed by atoms with Crippen LogP contribution in [-0.2, 0) is 4.79 Å². The van der Waals surface area contributed by atoms with Gasteiger partial charge in [-0.25, -0.2) is 0 Å². The quantitative estimate of drug-likeness (QED) is 0.916. The van der Waals surface area contributed by atoms with Crippen molar-refractivity contribution in [2.75, 3.05) is 13.1 Å². The van der Waals surface area contributed by atoms with E-state index in [9.17, 15) is 9.90 Å².